The van der Waals surface area contributed by atoms with Crippen molar-refractivity contribution in [1.29, 1.82) is 0 Å². The summed E-state index contributed by atoms with van der Waals surface area (Å²) < 4.78 is 16.0. The Kier molecular flexibility index (Phi) is 23.9. The maximum Gasteiger partial charge on any atom is 0.407 e. The van der Waals surface area contributed by atoms with Crippen LogP contribution in [0, 0.1) is 17.8 Å². The van der Waals surface area contributed by atoms with Crippen LogP contribution in [-0.4, -0.2) is 86.5 Å². The molecule has 1 aromatic rings. The first-order chi connectivity index (χ1) is 26.9. The van der Waals surface area contributed by atoms with E-state index in [2.05, 4.69) is 28.3 Å². The predicted octanol–water partition coefficient (Wildman–Crippen LogP) is 7.22. The van der Waals surface area contributed by atoms with Gasteiger partial charge in [0.1, 0.15) is 18.2 Å². The number of unbranched alkanes of at least 4 members (excludes halogenated alkanes) is 8. The van der Waals surface area contributed by atoms with Gasteiger partial charge in [0.15, 0.2) is 0 Å². The summed E-state index contributed by atoms with van der Waals surface area (Å²) in [5.41, 5.74) is 3.96. The molecule has 56 heavy (non-hydrogen) atoms. The molecule has 0 aromatic heterocycles. The summed E-state index contributed by atoms with van der Waals surface area (Å²) in [6.07, 6.45) is 13.5. The molecule has 4 unspecified atom stereocenters. The van der Waals surface area contributed by atoms with Crippen molar-refractivity contribution in [1.82, 2.24) is 26.4 Å². The fourth-order valence-electron chi connectivity index (χ4n) is 7.20. The number of nitrogens with zero attached hydrogens (tertiary/aromatic N) is 1. The second kappa shape index (κ2) is 27.7. The van der Waals surface area contributed by atoms with Gasteiger partial charge >= 0.3 is 18.2 Å². The molecule has 1 fully saturated rings. The van der Waals surface area contributed by atoms with Crippen LogP contribution in [0.3, 0.4) is 0 Å². The zero-order valence-corrected chi connectivity index (χ0v) is 35.4. The SMILES string of the molecule is CCCCCCCCCCCC(=O)OC(CN(CC1CCCCC1)NC(=O)C(NC(=O)OC)C(C)C)C(Cc1ccccc1)NC(=O)C(NC(=O)OC)C(C)C. The summed E-state index contributed by atoms with van der Waals surface area (Å²) in [6.45, 7) is 10.1. The van der Waals surface area contributed by atoms with Gasteiger partial charge in [-0.3, -0.25) is 19.8 Å². The van der Waals surface area contributed by atoms with Crippen molar-refractivity contribution >= 4 is 30.0 Å². The highest BCUT2D eigenvalue weighted by Crippen LogP contribution is 2.25. The van der Waals surface area contributed by atoms with Crippen molar-refractivity contribution in [2.45, 2.75) is 162 Å². The van der Waals surface area contributed by atoms with E-state index in [9.17, 15) is 24.0 Å². The Balaban J connectivity index is 2.46. The van der Waals surface area contributed by atoms with Gasteiger partial charge in [-0.05, 0) is 49.0 Å². The second-order valence-electron chi connectivity index (χ2n) is 16.0. The first-order valence-electron chi connectivity index (χ1n) is 21.2. The summed E-state index contributed by atoms with van der Waals surface area (Å²) in [6, 6.07) is 7.06. The lowest BCUT2D eigenvalue weighted by atomic mass is 9.89. The van der Waals surface area contributed by atoms with E-state index in [0.717, 1.165) is 56.9 Å². The molecule has 13 nitrogen and oxygen atoms in total. The third-order valence-electron chi connectivity index (χ3n) is 10.5. The minimum atomic E-state index is -0.923. The molecule has 0 aliphatic heterocycles. The van der Waals surface area contributed by atoms with Gasteiger partial charge in [0.05, 0.1) is 26.8 Å². The number of benzene rings is 1. The van der Waals surface area contributed by atoms with Gasteiger partial charge in [0, 0.05) is 13.0 Å². The number of alkyl carbamates (subject to hydrolysis) is 2. The van der Waals surface area contributed by atoms with Crippen molar-refractivity contribution in [2.24, 2.45) is 17.8 Å². The number of rotatable bonds is 26. The topological polar surface area (TPSA) is 164 Å². The van der Waals surface area contributed by atoms with Gasteiger partial charge in [-0.25, -0.2) is 14.6 Å². The van der Waals surface area contributed by atoms with E-state index in [1.807, 2.05) is 58.0 Å². The Morgan fingerprint density at radius 1 is 0.714 bits per heavy atom. The van der Waals surface area contributed by atoms with E-state index in [4.69, 9.17) is 14.2 Å². The van der Waals surface area contributed by atoms with Crippen LogP contribution < -0.4 is 21.4 Å². The zero-order chi connectivity index (χ0) is 41.3. The quantitative estimate of drug-likeness (QED) is 0.0329. The Labute approximate surface area is 336 Å². The van der Waals surface area contributed by atoms with E-state index >= 15 is 0 Å². The molecule has 1 saturated carbocycles. The molecule has 4 amide bonds. The lowest BCUT2D eigenvalue weighted by Gasteiger charge is -2.36. The van der Waals surface area contributed by atoms with Crippen LogP contribution in [0.5, 0.6) is 0 Å². The smallest absolute Gasteiger partial charge is 0.407 e. The Bertz CT molecular complexity index is 1290. The van der Waals surface area contributed by atoms with E-state index in [0.29, 0.717) is 19.4 Å². The van der Waals surface area contributed by atoms with Crippen molar-refractivity contribution in [3.63, 3.8) is 0 Å². The van der Waals surface area contributed by atoms with E-state index in [1.54, 1.807) is 5.01 Å². The molecule has 0 spiro atoms. The molecule has 4 atom stereocenters. The molecular formula is C43H73N5O8. The van der Waals surface area contributed by atoms with Crippen LogP contribution in [0.4, 0.5) is 9.59 Å². The van der Waals surface area contributed by atoms with Gasteiger partial charge in [-0.15, -0.1) is 0 Å². The molecule has 2 rings (SSSR count). The molecular weight excluding hydrogens is 714 g/mol. The van der Waals surface area contributed by atoms with Crippen molar-refractivity contribution in [3.8, 4) is 0 Å². The number of methoxy groups -OCH3 is 2. The van der Waals surface area contributed by atoms with Gasteiger partial charge < -0.3 is 30.2 Å². The molecule has 13 heteroatoms. The van der Waals surface area contributed by atoms with Crippen molar-refractivity contribution in [2.75, 3.05) is 27.3 Å². The van der Waals surface area contributed by atoms with Crippen molar-refractivity contribution < 1.29 is 38.2 Å². The number of amides is 4. The number of hydrogen-bond donors (Lipinski definition) is 4. The number of nitrogens with one attached hydrogen (secondary N) is 4. The fraction of sp³-hybridized carbons (Fsp3) is 0.744. The summed E-state index contributed by atoms with van der Waals surface area (Å²) in [4.78, 5) is 66.1. The zero-order valence-electron chi connectivity index (χ0n) is 35.4. The van der Waals surface area contributed by atoms with E-state index in [-0.39, 0.29) is 36.7 Å². The van der Waals surface area contributed by atoms with Gasteiger partial charge in [0.2, 0.25) is 5.91 Å². The lowest BCUT2D eigenvalue weighted by molar-refractivity contribution is -0.154. The van der Waals surface area contributed by atoms with Gasteiger partial charge in [-0.1, -0.05) is 136 Å². The number of hydrazine groups is 1. The molecule has 1 aliphatic carbocycles. The highest BCUT2D eigenvalue weighted by atomic mass is 16.5. The molecule has 1 aliphatic rings. The van der Waals surface area contributed by atoms with Crippen LogP contribution in [0.15, 0.2) is 30.3 Å². The standard InChI is InChI=1S/C43H73N5O8/c1-8-9-10-11-12-13-14-15-22-27-37(49)56-36(35(28-33-23-18-16-19-24-33)44-40(50)38(31(2)3)45-42(52)54-6)30-48(29-34-25-20-17-21-26-34)47-41(51)39(32(4)5)46-43(53)55-7/h16,18-19,23-24,31-32,34-36,38-39H,8-15,17,20-22,25-30H2,1-7H3,(H,44,50)(H,45,52)(H,46,53)(H,47,51). The molecule has 0 heterocycles. The highest BCUT2D eigenvalue weighted by Gasteiger charge is 2.35. The predicted molar refractivity (Wildman–Crippen MR) is 218 cm³/mol. The summed E-state index contributed by atoms with van der Waals surface area (Å²) >= 11 is 0. The summed E-state index contributed by atoms with van der Waals surface area (Å²) in [7, 11) is 2.49. The number of carbonyl (C=O) groups excluding carboxylic acids is 5. The monoisotopic (exact) mass is 788 g/mol. The average Bonchev–Trinajstić information content (AvgIpc) is 3.17. The third kappa shape index (κ3) is 19.3. The molecule has 0 saturated heterocycles. The summed E-state index contributed by atoms with van der Waals surface area (Å²) in [5.74, 6) is -1.50. The van der Waals surface area contributed by atoms with Crippen LogP contribution >= 0.6 is 0 Å². The average molecular weight is 788 g/mol. The Hall–Kier alpha value is -3.87. The van der Waals surface area contributed by atoms with Gasteiger partial charge in [0.25, 0.3) is 5.91 Å². The first kappa shape index (κ1) is 48.3. The maximum absolute atomic E-state index is 14.0. The van der Waals surface area contributed by atoms with Crippen LogP contribution in [0.2, 0.25) is 0 Å². The normalized spacial score (nSPS) is 15.4. The first-order valence-corrected chi connectivity index (χ1v) is 21.2. The van der Waals surface area contributed by atoms with Crippen LogP contribution in [-0.2, 0) is 35.0 Å². The maximum atomic E-state index is 14.0. The van der Waals surface area contributed by atoms with Gasteiger partial charge in [-0.2, -0.15) is 0 Å². The highest BCUT2D eigenvalue weighted by molar-refractivity contribution is 5.86. The summed E-state index contributed by atoms with van der Waals surface area (Å²) in [5, 5.41) is 10.2. The molecule has 1 aromatic carbocycles. The minimum absolute atomic E-state index is 0.0728. The minimum Gasteiger partial charge on any atom is -0.459 e. The molecule has 4 N–H and O–H groups in total. The number of carbonyl (C=O) groups is 5. The largest absolute Gasteiger partial charge is 0.459 e. The lowest BCUT2D eigenvalue weighted by Crippen LogP contribution is -2.60. The molecule has 318 valence electrons. The van der Waals surface area contributed by atoms with Crippen LogP contribution in [0.25, 0.3) is 0 Å². The van der Waals surface area contributed by atoms with Crippen LogP contribution in [0.1, 0.15) is 136 Å². The number of esters is 1. The van der Waals surface area contributed by atoms with Crippen molar-refractivity contribution in [3.05, 3.63) is 35.9 Å². The van der Waals surface area contributed by atoms with E-state index < -0.39 is 48.2 Å². The fourth-order valence-corrected chi connectivity index (χ4v) is 7.20. The third-order valence-corrected chi connectivity index (χ3v) is 10.5. The molecule has 0 radical (unpaired) electrons. The second-order valence-corrected chi connectivity index (χ2v) is 16.0. The van der Waals surface area contributed by atoms with E-state index in [1.165, 1.54) is 46.3 Å². The Morgan fingerprint density at radius 3 is 1.79 bits per heavy atom. The Morgan fingerprint density at radius 2 is 1.25 bits per heavy atom. The number of ether oxygens (including phenoxy) is 3. The molecule has 0 bridgehead atoms. The number of hydrogen-bond acceptors (Lipinski definition) is 9.